The Morgan fingerprint density at radius 2 is 1.93 bits per heavy atom. The van der Waals surface area contributed by atoms with E-state index in [4.69, 9.17) is 4.52 Å². The van der Waals surface area contributed by atoms with Crippen LogP contribution in [0.25, 0.3) is 0 Å². The van der Waals surface area contributed by atoms with Gasteiger partial charge in [-0.2, -0.15) is 4.98 Å². The van der Waals surface area contributed by atoms with E-state index in [1.807, 2.05) is 42.2 Å². The highest BCUT2D eigenvalue weighted by molar-refractivity contribution is 5.93. The average Bonchev–Trinajstić information content (AvgIpc) is 3.35. The van der Waals surface area contributed by atoms with E-state index >= 15 is 0 Å². The normalized spacial score (nSPS) is 16.2. The van der Waals surface area contributed by atoms with Gasteiger partial charge < -0.3 is 14.7 Å². The first-order valence-electron chi connectivity index (χ1n) is 9.57. The molecule has 2 amide bonds. The van der Waals surface area contributed by atoms with Crippen molar-refractivity contribution < 1.29 is 14.1 Å². The molecule has 3 aromatic rings. The van der Waals surface area contributed by atoms with Crippen molar-refractivity contribution in [2.75, 3.05) is 6.54 Å². The number of amides is 2. The molecule has 4 rings (SSSR count). The van der Waals surface area contributed by atoms with Gasteiger partial charge in [-0.15, -0.1) is 0 Å². The lowest BCUT2D eigenvalue weighted by Gasteiger charge is -2.16. The van der Waals surface area contributed by atoms with Crippen LogP contribution in [-0.2, 0) is 17.9 Å². The molecular weight excluding hydrogens is 368 g/mol. The SMILES string of the molecule is Cc1ccc(CN2CC(c3noc(CNC(=O)c4ccccc4)n3)CC2=O)cc1. The summed E-state index contributed by atoms with van der Waals surface area (Å²) < 4.78 is 5.26. The number of aryl methyl sites for hydroxylation is 1. The number of nitrogens with zero attached hydrogens (tertiary/aromatic N) is 3. The van der Waals surface area contributed by atoms with Crippen molar-refractivity contribution in [3.8, 4) is 0 Å². The maximum atomic E-state index is 12.4. The Kier molecular flexibility index (Phi) is 5.37. The van der Waals surface area contributed by atoms with Crippen molar-refractivity contribution in [2.24, 2.45) is 0 Å². The van der Waals surface area contributed by atoms with Crippen molar-refractivity contribution in [3.05, 3.63) is 83.0 Å². The number of benzene rings is 2. The van der Waals surface area contributed by atoms with Gasteiger partial charge >= 0.3 is 0 Å². The van der Waals surface area contributed by atoms with Gasteiger partial charge in [-0.05, 0) is 24.6 Å². The molecular formula is C22H22N4O3. The average molecular weight is 390 g/mol. The van der Waals surface area contributed by atoms with Gasteiger partial charge in [0.15, 0.2) is 5.82 Å². The monoisotopic (exact) mass is 390 g/mol. The Morgan fingerprint density at radius 1 is 1.17 bits per heavy atom. The molecule has 0 spiro atoms. The van der Waals surface area contributed by atoms with Crippen LogP contribution >= 0.6 is 0 Å². The lowest BCUT2D eigenvalue weighted by molar-refractivity contribution is -0.128. The number of rotatable bonds is 6. The van der Waals surface area contributed by atoms with E-state index in [0.29, 0.717) is 36.8 Å². The highest BCUT2D eigenvalue weighted by atomic mass is 16.5. The van der Waals surface area contributed by atoms with Gasteiger partial charge in [0.1, 0.15) is 0 Å². The summed E-state index contributed by atoms with van der Waals surface area (Å²) in [6.07, 6.45) is 0.362. The summed E-state index contributed by atoms with van der Waals surface area (Å²) in [6.45, 7) is 3.32. The number of nitrogens with one attached hydrogen (secondary N) is 1. The second-order valence-electron chi connectivity index (χ2n) is 7.26. The van der Waals surface area contributed by atoms with Crippen molar-refractivity contribution in [1.82, 2.24) is 20.4 Å². The number of hydrogen-bond acceptors (Lipinski definition) is 5. The summed E-state index contributed by atoms with van der Waals surface area (Å²) in [4.78, 5) is 30.7. The number of carbonyl (C=O) groups is 2. The quantitative estimate of drug-likeness (QED) is 0.699. The highest BCUT2D eigenvalue weighted by Crippen LogP contribution is 2.27. The molecule has 29 heavy (non-hydrogen) atoms. The standard InChI is InChI=1S/C22H22N4O3/c1-15-7-9-16(10-8-15)13-26-14-18(11-20(26)27)21-24-19(29-25-21)12-23-22(28)17-5-3-2-4-6-17/h2-10,18H,11-14H2,1H3,(H,23,28). The first kappa shape index (κ1) is 18.9. The molecule has 1 fully saturated rings. The number of likely N-dealkylation sites (tertiary alicyclic amines) is 1. The molecule has 0 bridgehead atoms. The summed E-state index contributed by atoms with van der Waals surface area (Å²) in [5, 5.41) is 6.78. The van der Waals surface area contributed by atoms with Crippen LogP contribution in [0.5, 0.6) is 0 Å². The van der Waals surface area contributed by atoms with E-state index < -0.39 is 0 Å². The van der Waals surface area contributed by atoms with Gasteiger partial charge in [-0.25, -0.2) is 0 Å². The molecule has 1 atom stereocenters. The van der Waals surface area contributed by atoms with Gasteiger partial charge in [-0.1, -0.05) is 53.2 Å². The molecule has 1 aromatic heterocycles. The molecule has 1 aliphatic heterocycles. The van der Waals surface area contributed by atoms with E-state index in [1.165, 1.54) is 5.56 Å². The lowest BCUT2D eigenvalue weighted by Crippen LogP contribution is -2.24. The predicted molar refractivity (Wildman–Crippen MR) is 106 cm³/mol. The third-order valence-electron chi connectivity index (χ3n) is 4.99. The van der Waals surface area contributed by atoms with E-state index in [1.54, 1.807) is 24.3 Å². The van der Waals surface area contributed by atoms with Gasteiger partial charge in [0.25, 0.3) is 5.91 Å². The van der Waals surface area contributed by atoms with Crippen molar-refractivity contribution in [2.45, 2.75) is 32.4 Å². The zero-order valence-corrected chi connectivity index (χ0v) is 16.2. The van der Waals surface area contributed by atoms with Crippen molar-refractivity contribution in [3.63, 3.8) is 0 Å². The Balaban J connectivity index is 1.34. The molecule has 1 N–H and O–H groups in total. The number of carbonyl (C=O) groups excluding carboxylic acids is 2. The maximum Gasteiger partial charge on any atom is 0.251 e. The molecule has 0 radical (unpaired) electrons. The minimum absolute atomic E-state index is 0.0827. The van der Waals surface area contributed by atoms with E-state index in [2.05, 4.69) is 15.5 Å². The molecule has 148 valence electrons. The van der Waals surface area contributed by atoms with Crippen LogP contribution < -0.4 is 5.32 Å². The third-order valence-corrected chi connectivity index (χ3v) is 4.99. The largest absolute Gasteiger partial charge is 0.343 e. The summed E-state index contributed by atoms with van der Waals surface area (Å²) in [6, 6.07) is 17.1. The Labute approximate surface area is 168 Å². The molecule has 1 unspecified atom stereocenters. The van der Waals surface area contributed by atoms with E-state index in [-0.39, 0.29) is 24.3 Å². The molecule has 7 nitrogen and oxygen atoms in total. The van der Waals surface area contributed by atoms with E-state index in [9.17, 15) is 9.59 Å². The van der Waals surface area contributed by atoms with Crippen LogP contribution in [0.1, 0.15) is 45.5 Å². The van der Waals surface area contributed by atoms with Crippen LogP contribution in [0.3, 0.4) is 0 Å². The number of aromatic nitrogens is 2. The van der Waals surface area contributed by atoms with Gasteiger partial charge in [0.05, 0.1) is 6.54 Å². The highest BCUT2D eigenvalue weighted by Gasteiger charge is 2.33. The van der Waals surface area contributed by atoms with E-state index in [0.717, 1.165) is 5.56 Å². The molecule has 7 heteroatoms. The Morgan fingerprint density at radius 3 is 2.69 bits per heavy atom. The molecule has 1 saturated heterocycles. The van der Waals surface area contributed by atoms with Gasteiger partial charge in [0.2, 0.25) is 11.8 Å². The first-order valence-corrected chi connectivity index (χ1v) is 9.57. The summed E-state index contributed by atoms with van der Waals surface area (Å²) >= 11 is 0. The summed E-state index contributed by atoms with van der Waals surface area (Å²) in [7, 11) is 0. The number of hydrogen-bond donors (Lipinski definition) is 1. The predicted octanol–water partition coefficient (Wildman–Crippen LogP) is 2.82. The molecule has 0 aliphatic carbocycles. The molecule has 0 saturated carbocycles. The fourth-order valence-electron chi connectivity index (χ4n) is 3.36. The summed E-state index contributed by atoms with van der Waals surface area (Å²) in [5.41, 5.74) is 2.86. The lowest BCUT2D eigenvalue weighted by atomic mass is 10.1. The van der Waals surface area contributed by atoms with Gasteiger partial charge in [-0.3, -0.25) is 9.59 Å². The Bertz CT molecular complexity index is 998. The van der Waals surface area contributed by atoms with Crippen LogP contribution in [0.2, 0.25) is 0 Å². The maximum absolute atomic E-state index is 12.4. The van der Waals surface area contributed by atoms with Crippen molar-refractivity contribution in [1.29, 1.82) is 0 Å². The molecule has 1 aliphatic rings. The van der Waals surface area contributed by atoms with Crippen LogP contribution in [-0.4, -0.2) is 33.4 Å². The minimum atomic E-state index is -0.203. The van der Waals surface area contributed by atoms with Crippen LogP contribution in [0.15, 0.2) is 59.1 Å². The third kappa shape index (κ3) is 4.51. The topological polar surface area (TPSA) is 88.3 Å². The van der Waals surface area contributed by atoms with Crippen LogP contribution in [0, 0.1) is 6.92 Å². The minimum Gasteiger partial charge on any atom is -0.343 e. The van der Waals surface area contributed by atoms with Crippen molar-refractivity contribution >= 4 is 11.8 Å². The molecule has 2 aromatic carbocycles. The second-order valence-corrected chi connectivity index (χ2v) is 7.26. The fraction of sp³-hybridized carbons (Fsp3) is 0.273. The smallest absolute Gasteiger partial charge is 0.251 e. The first-order chi connectivity index (χ1) is 14.1. The van der Waals surface area contributed by atoms with Gasteiger partial charge in [0, 0.05) is 31.0 Å². The fourth-order valence-corrected chi connectivity index (χ4v) is 3.36. The molecule has 2 heterocycles. The second kappa shape index (κ2) is 8.26. The Hall–Kier alpha value is -3.48. The van der Waals surface area contributed by atoms with Crippen LogP contribution in [0.4, 0.5) is 0 Å². The zero-order chi connectivity index (χ0) is 20.2. The summed E-state index contributed by atoms with van der Waals surface area (Å²) in [5.74, 6) is 0.614. The zero-order valence-electron chi connectivity index (χ0n) is 16.2.